The molecule has 0 aromatic carbocycles. The van der Waals surface area contributed by atoms with Crippen LogP contribution in [0.25, 0.3) is 10.7 Å². The second kappa shape index (κ2) is 7.34. The molecule has 3 aromatic heterocycles. The summed E-state index contributed by atoms with van der Waals surface area (Å²) in [7, 11) is 1.65. The molecular formula is C16H19N7O2S. The maximum absolute atomic E-state index is 11.8. The monoisotopic (exact) mass is 373 g/mol. The number of nitrogens with zero attached hydrogens (tertiary/aromatic N) is 7. The van der Waals surface area contributed by atoms with E-state index in [0.717, 1.165) is 35.9 Å². The van der Waals surface area contributed by atoms with Crippen molar-refractivity contribution in [2.75, 3.05) is 24.6 Å². The van der Waals surface area contributed by atoms with Crippen LogP contribution in [-0.4, -0.2) is 55.6 Å². The molecule has 4 heterocycles. The Balaban J connectivity index is 1.36. The van der Waals surface area contributed by atoms with E-state index in [4.69, 9.17) is 4.74 Å². The second-order valence-corrected chi connectivity index (χ2v) is 7.00. The average Bonchev–Trinajstić information content (AvgIpc) is 3.34. The molecule has 10 heteroatoms. The van der Waals surface area contributed by atoms with Crippen molar-refractivity contribution in [2.24, 2.45) is 7.05 Å². The van der Waals surface area contributed by atoms with Crippen LogP contribution < -0.4 is 10.5 Å². The molecule has 1 saturated heterocycles. The van der Waals surface area contributed by atoms with Crippen LogP contribution in [0.1, 0.15) is 6.42 Å². The molecule has 1 atom stereocenters. The fraction of sp³-hybridized carbons (Fsp3) is 0.438. The summed E-state index contributed by atoms with van der Waals surface area (Å²) in [5.74, 6) is 0. The van der Waals surface area contributed by atoms with Gasteiger partial charge in [0.2, 0.25) is 0 Å². The number of thiazole rings is 1. The van der Waals surface area contributed by atoms with Crippen molar-refractivity contribution in [3.8, 4) is 10.7 Å². The largest absolute Gasteiger partial charge is 0.374 e. The lowest BCUT2D eigenvalue weighted by Gasteiger charge is -2.34. The molecule has 1 aliphatic heterocycles. The molecule has 0 radical (unpaired) electrons. The zero-order valence-electron chi connectivity index (χ0n) is 14.4. The Bertz CT molecular complexity index is 921. The van der Waals surface area contributed by atoms with E-state index in [2.05, 4.69) is 25.3 Å². The third-order valence-corrected chi connectivity index (χ3v) is 5.12. The van der Waals surface area contributed by atoms with Gasteiger partial charge in [0.1, 0.15) is 10.7 Å². The maximum Gasteiger partial charge on any atom is 0.268 e. The maximum atomic E-state index is 11.8. The Morgan fingerprint density at radius 3 is 3.15 bits per heavy atom. The Morgan fingerprint density at radius 1 is 1.42 bits per heavy atom. The van der Waals surface area contributed by atoms with Crippen LogP contribution in [0.4, 0.5) is 5.69 Å². The number of aryl methyl sites for hydroxylation is 2. The summed E-state index contributed by atoms with van der Waals surface area (Å²) in [6, 6.07) is 1.62. The van der Waals surface area contributed by atoms with Crippen molar-refractivity contribution >= 4 is 17.0 Å². The first-order valence-corrected chi connectivity index (χ1v) is 9.27. The van der Waals surface area contributed by atoms with E-state index in [1.807, 2.05) is 16.3 Å². The highest BCUT2D eigenvalue weighted by Gasteiger charge is 2.21. The normalized spacial score (nSPS) is 17.6. The highest BCUT2D eigenvalue weighted by molar-refractivity contribution is 7.13. The van der Waals surface area contributed by atoms with Crippen molar-refractivity contribution in [3.63, 3.8) is 0 Å². The fourth-order valence-electron chi connectivity index (χ4n) is 2.89. The molecule has 4 rings (SSSR count). The zero-order chi connectivity index (χ0) is 17.9. The van der Waals surface area contributed by atoms with Crippen LogP contribution >= 0.6 is 11.3 Å². The van der Waals surface area contributed by atoms with E-state index in [1.165, 1.54) is 4.68 Å². The minimum atomic E-state index is -0.108. The van der Waals surface area contributed by atoms with Gasteiger partial charge in [-0.1, -0.05) is 5.21 Å². The molecule has 1 aliphatic rings. The lowest BCUT2D eigenvalue weighted by atomic mass is 10.2. The summed E-state index contributed by atoms with van der Waals surface area (Å²) in [4.78, 5) is 18.2. The summed E-state index contributed by atoms with van der Waals surface area (Å²) in [5.41, 5.74) is 1.52. The van der Waals surface area contributed by atoms with Crippen LogP contribution in [0, 0.1) is 0 Å². The number of hydrogen-bond donors (Lipinski definition) is 0. The highest BCUT2D eigenvalue weighted by atomic mass is 32.1. The van der Waals surface area contributed by atoms with Gasteiger partial charge in [0.15, 0.2) is 0 Å². The fourth-order valence-corrected chi connectivity index (χ4v) is 3.48. The number of ether oxygens (including phenoxy) is 1. The standard InChI is InChI=1S/C16H19N7O2S/c1-21-15(24)8-12(9-18-21)22-5-6-25-13(10-22)2-4-23-11-14(19-20-23)16-17-3-7-26-16/h3,7-9,11,13H,2,4-6,10H2,1H3/t13-/m1/s1. The first-order valence-electron chi connectivity index (χ1n) is 8.39. The van der Waals surface area contributed by atoms with Gasteiger partial charge in [0.05, 0.1) is 30.8 Å². The van der Waals surface area contributed by atoms with Gasteiger partial charge in [0.25, 0.3) is 5.56 Å². The van der Waals surface area contributed by atoms with Crippen LogP contribution in [0.3, 0.4) is 0 Å². The summed E-state index contributed by atoms with van der Waals surface area (Å²) in [6.45, 7) is 2.82. The molecule has 0 N–H and O–H groups in total. The highest BCUT2D eigenvalue weighted by Crippen LogP contribution is 2.19. The summed E-state index contributed by atoms with van der Waals surface area (Å²) < 4.78 is 9.01. The topological polar surface area (TPSA) is 91.0 Å². The summed E-state index contributed by atoms with van der Waals surface area (Å²) in [6.07, 6.45) is 6.27. The molecule has 1 fully saturated rings. The molecule has 3 aromatic rings. The predicted octanol–water partition coefficient (Wildman–Crippen LogP) is 0.791. The van der Waals surface area contributed by atoms with Crippen molar-refractivity contribution < 1.29 is 4.74 Å². The lowest BCUT2D eigenvalue weighted by molar-refractivity contribution is 0.0318. The third-order valence-electron chi connectivity index (χ3n) is 4.33. The smallest absolute Gasteiger partial charge is 0.268 e. The van der Waals surface area contributed by atoms with E-state index in [0.29, 0.717) is 13.2 Å². The molecule has 26 heavy (non-hydrogen) atoms. The van der Waals surface area contributed by atoms with Crippen LogP contribution in [0.5, 0.6) is 0 Å². The molecule has 0 aliphatic carbocycles. The minimum absolute atomic E-state index is 0.0697. The first kappa shape index (κ1) is 16.9. The summed E-state index contributed by atoms with van der Waals surface area (Å²) >= 11 is 1.54. The van der Waals surface area contributed by atoms with Gasteiger partial charge < -0.3 is 9.64 Å². The van der Waals surface area contributed by atoms with Gasteiger partial charge in [-0.25, -0.2) is 9.67 Å². The second-order valence-electron chi connectivity index (χ2n) is 6.11. The zero-order valence-corrected chi connectivity index (χ0v) is 15.2. The molecule has 0 spiro atoms. The minimum Gasteiger partial charge on any atom is -0.374 e. The van der Waals surface area contributed by atoms with Crippen LogP contribution in [-0.2, 0) is 18.3 Å². The van der Waals surface area contributed by atoms with Crippen molar-refractivity contribution in [3.05, 3.63) is 40.4 Å². The van der Waals surface area contributed by atoms with E-state index in [9.17, 15) is 4.79 Å². The Hall–Kier alpha value is -2.59. The molecule has 0 amide bonds. The first-order chi connectivity index (χ1) is 12.7. The number of morpholine rings is 1. The Labute approximate surface area is 153 Å². The lowest BCUT2D eigenvalue weighted by Crippen LogP contribution is -2.43. The number of anilines is 1. The van der Waals surface area contributed by atoms with E-state index in [-0.39, 0.29) is 11.7 Å². The Morgan fingerprint density at radius 2 is 2.35 bits per heavy atom. The number of hydrogen-bond acceptors (Lipinski definition) is 8. The van der Waals surface area contributed by atoms with Crippen molar-refractivity contribution in [2.45, 2.75) is 19.1 Å². The van der Waals surface area contributed by atoms with Gasteiger partial charge in [-0.3, -0.25) is 9.48 Å². The Kier molecular flexibility index (Phi) is 4.76. The van der Waals surface area contributed by atoms with E-state index in [1.54, 1.807) is 36.8 Å². The quantitative estimate of drug-likeness (QED) is 0.653. The SMILES string of the molecule is Cn1ncc(N2CCO[C@H](CCn3cc(-c4nccs4)nn3)C2)cc1=O. The summed E-state index contributed by atoms with van der Waals surface area (Å²) in [5, 5.41) is 15.2. The van der Waals surface area contributed by atoms with Gasteiger partial charge in [0, 0.05) is 44.3 Å². The average molecular weight is 373 g/mol. The van der Waals surface area contributed by atoms with E-state index < -0.39 is 0 Å². The van der Waals surface area contributed by atoms with Gasteiger partial charge in [-0.15, -0.1) is 16.4 Å². The third kappa shape index (κ3) is 3.65. The van der Waals surface area contributed by atoms with E-state index >= 15 is 0 Å². The van der Waals surface area contributed by atoms with Gasteiger partial charge in [-0.2, -0.15) is 5.10 Å². The van der Waals surface area contributed by atoms with Crippen molar-refractivity contribution in [1.82, 2.24) is 29.8 Å². The molecule has 0 unspecified atom stereocenters. The number of aromatic nitrogens is 6. The van der Waals surface area contributed by atoms with Gasteiger partial charge in [-0.05, 0) is 6.42 Å². The molecule has 0 saturated carbocycles. The van der Waals surface area contributed by atoms with Gasteiger partial charge >= 0.3 is 0 Å². The van der Waals surface area contributed by atoms with Crippen LogP contribution in [0.2, 0.25) is 0 Å². The predicted molar refractivity (Wildman–Crippen MR) is 97.2 cm³/mol. The van der Waals surface area contributed by atoms with Crippen LogP contribution in [0.15, 0.2) is 34.8 Å². The molecule has 0 bridgehead atoms. The number of rotatable bonds is 5. The molecular weight excluding hydrogens is 354 g/mol. The molecule has 136 valence electrons. The molecule has 9 nitrogen and oxygen atoms in total. The van der Waals surface area contributed by atoms with Crippen molar-refractivity contribution in [1.29, 1.82) is 0 Å².